The molecular weight excluding hydrogens is 226 g/mol. The van der Waals surface area contributed by atoms with Gasteiger partial charge in [0.15, 0.2) is 4.34 Å². The normalized spacial score (nSPS) is 19.6. The van der Waals surface area contributed by atoms with Crippen LogP contribution in [0.3, 0.4) is 0 Å². The van der Waals surface area contributed by atoms with Crippen molar-refractivity contribution in [2.24, 2.45) is 11.7 Å². The Labute approximate surface area is 98.9 Å². The van der Waals surface area contributed by atoms with Gasteiger partial charge in [0.2, 0.25) is 0 Å². The monoisotopic (exact) mass is 243 g/mol. The quantitative estimate of drug-likeness (QED) is 0.825. The van der Waals surface area contributed by atoms with Gasteiger partial charge in [0.05, 0.1) is 0 Å². The van der Waals surface area contributed by atoms with E-state index in [0.29, 0.717) is 6.04 Å². The van der Waals surface area contributed by atoms with E-state index in [4.69, 9.17) is 5.73 Å². The van der Waals surface area contributed by atoms with E-state index in [-0.39, 0.29) is 0 Å². The molecule has 0 radical (unpaired) electrons. The minimum Gasteiger partial charge on any atom is -0.327 e. The molecule has 1 atom stereocenters. The number of hydrogen-bond acceptors (Lipinski definition) is 5. The standard InChI is InChI=1S/C10H17N3S2/c1-7-12-13-10(15-7)14-6-9(11)8-4-2-3-5-8/h8-9H,2-6,11H2,1H3. The van der Waals surface area contributed by atoms with Crippen molar-refractivity contribution in [1.29, 1.82) is 0 Å². The third-order valence-corrected chi connectivity index (χ3v) is 5.03. The molecule has 1 fully saturated rings. The Morgan fingerprint density at radius 3 is 2.80 bits per heavy atom. The molecule has 2 rings (SSSR count). The van der Waals surface area contributed by atoms with Gasteiger partial charge < -0.3 is 5.73 Å². The van der Waals surface area contributed by atoms with E-state index in [1.807, 2.05) is 6.92 Å². The lowest BCUT2D eigenvalue weighted by Gasteiger charge is -2.17. The Hall–Kier alpha value is -0.130. The highest BCUT2D eigenvalue weighted by molar-refractivity contribution is 8.01. The molecule has 1 heterocycles. The molecule has 5 heteroatoms. The van der Waals surface area contributed by atoms with Crippen LogP contribution in [0.1, 0.15) is 30.7 Å². The zero-order chi connectivity index (χ0) is 10.7. The van der Waals surface area contributed by atoms with Crippen LogP contribution in [0.4, 0.5) is 0 Å². The van der Waals surface area contributed by atoms with E-state index in [9.17, 15) is 0 Å². The predicted octanol–water partition coefficient (Wildman–Crippen LogP) is 2.46. The summed E-state index contributed by atoms with van der Waals surface area (Å²) in [5.41, 5.74) is 6.17. The second-order valence-corrected chi connectivity index (χ2v) is 6.56. The number of aryl methyl sites for hydroxylation is 1. The van der Waals surface area contributed by atoms with Gasteiger partial charge in [0.25, 0.3) is 0 Å². The summed E-state index contributed by atoms with van der Waals surface area (Å²) in [6.07, 6.45) is 5.36. The van der Waals surface area contributed by atoms with E-state index in [1.165, 1.54) is 25.7 Å². The van der Waals surface area contributed by atoms with Crippen molar-refractivity contribution in [3.8, 4) is 0 Å². The molecule has 0 spiro atoms. The van der Waals surface area contributed by atoms with Gasteiger partial charge in [-0.25, -0.2) is 0 Å². The van der Waals surface area contributed by atoms with Crippen LogP contribution in [-0.4, -0.2) is 22.0 Å². The minimum atomic E-state index is 0.335. The molecule has 15 heavy (non-hydrogen) atoms. The molecule has 1 aromatic heterocycles. The van der Waals surface area contributed by atoms with Crippen LogP contribution in [0.25, 0.3) is 0 Å². The smallest absolute Gasteiger partial charge is 0.174 e. The van der Waals surface area contributed by atoms with Crippen molar-refractivity contribution < 1.29 is 0 Å². The highest BCUT2D eigenvalue weighted by atomic mass is 32.2. The molecule has 2 N–H and O–H groups in total. The van der Waals surface area contributed by atoms with Crippen LogP contribution in [0.5, 0.6) is 0 Å². The number of aromatic nitrogens is 2. The summed E-state index contributed by atoms with van der Waals surface area (Å²) in [7, 11) is 0. The fourth-order valence-electron chi connectivity index (χ4n) is 2.03. The average molecular weight is 243 g/mol. The summed E-state index contributed by atoms with van der Waals surface area (Å²) in [6, 6.07) is 0.335. The third-order valence-electron chi connectivity index (χ3n) is 2.91. The summed E-state index contributed by atoms with van der Waals surface area (Å²) in [5, 5.41) is 9.12. The van der Waals surface area contributed by atoms with E-state index >= 15 is 0 Å². The highest BCUT2D eigenvalue weighted by Crippen LogP contribution is 2.30. The first-order valence-electron chi connectivity index (χ1n) is 5.44. The summed E-state index contributed by atoms with van der Waals surface area (Å²) in [6.45, 7) is 1.98. The summed E-state index contributed by atoms with van der Waals surface area (Å²) in [5.74, 6) is 1.73. The number of rotatable bonds is 4. The van der Waals surface area contributed by atoms with Crippen molar-refractivity contribution >= 4 is 23.1 Å². The van der Waals surface area contributed by atoms with E-state index in [2.05, 4.69) is 10.2 Å². The van der Waals surface area contributed by atoms with Crippen molar-refractivity contribution in [3.05, 3.63) is 5.01 Å². The molecule has 84 valence electrons. The van der Waals surface area contributed by atoms with Crippen LogP contribution < -0.4 is 5.73 Å². The molecule has 0 aliphatic heterocycles. The molecule has 1 saturated carbocycles. The molecule has 1 unspecified atom stereocenters. The molecule has 0 aromatic carbocycles. The van der Waals surface area contributed by atoms with E-state index in [0.717, 1.165) is 21.0 Å². The molecule has 0 saturated heterocycles. The zero-order valence-corrected chi connectivity index (χ0v) is 10.6. The van der Waals surface area contributed by atoms with E-state index in [1.54, 1.807) is 23.1 Å². The van der Waals surface area contributed by atoms with Crippen LogP contribution in [-0.2, 0) is 0 Å². The average Bonchev–Trinajstić information content (AvgIpc) is 2.84. The van der Waals surface area contributed by atoms with Crippen LogP contribution in [0, 0.1) is 12.8 Å². The zero-order valence-electron chi connectivity index (χ0n) is 8.98. The second kappa shape index (κ2) is 5.27. The fraction of sp³-hybridized carbons (Fsp3) is 0.800. The van der Waals surface area contributed by atoms with Crippen molar-refractivity contribution in [1.82, 2.24) is 10.2 Å². The molecule has 1 aromatic rings. The van der Waals surface area contributed by atoms with Gasteiger partial charge in [-0.05, 0) is 25.7 Å². The van der Waals surface area contributed by atoms with Gasteiger partial charge in [-0.15, -0.1) is 10.2 Å². The molecule has 3 nitrogen and oxygen atoms in total. The van der Waals surface area contributed by atoms with Crippen LogP contribution >= 0.6 is 23.1 Å². The third kappa shape index (κ3) is 3.16. The Morgan fingerprint density at radius 2 is 2.20 bits per heavy atom. The molecule has 1 aliphatic carbocycles. The number of hydrogen-bond donors (Lipinski definition) is 1. The van der Waals surface area contributed by atoms with Crippen LogP contribution in [0.15, 0.2) is 4.34 Å². The van der Waals surface area contributed by atoms with E-state index < -0.39 is 0 Å². The largest absolute Gasteiger partial charge is 0.327 e. The maximum absolute atomic E-state index is 6.17. The molecule has 0 amide bonds. The number of nitrogens with two attached hydrogens (primary N) is 1. The molecule has 1 aliphatic rings. The van der Waals surface area contributed by atoms with Gasteiger partial charge in [-0.3, -0.25) is 0 Å². The van der Waals surface area contributed by atoms with Gasteiger partial charge in [0, 0.05) is 11.8 Å². The van der Waals surface area contributed by atoms with Gasteiger partial charge in [0.1, 0.15) is 5.01 Å². The topological polar surface area (TPSA) is 51.8 Å². The summed E-state index contributed by atoms with van der Waals surface area (Å²) >= 11 is 3.41. The first-order chi connectivity index (χ1) is 7.25. The van der Waals surface area contributed by atoms with Crippen LogP contribution in [0.2, 0.25) is 0 Å². The van der Waals surface area contributed by atoms with Crippen molar-refractivity contribution in [2.75, 3.05) is 5.75 Å². The Kier molecular flexibility index (Phi) is 3.99. The lowest BCUT2D eigenvalue weighted by molar-refractivity contribution is 0.463. The highest BCUT2D eigenvalue weighted by Gasteiger charge is 2.22. The number of nitrogens with zero attached hydrogens (tertiary/aromatic N) is 2. The summed E-state index contributed by atoms with van der Waals surface area (Å²) in [4.78, 5) is 0. The first kappa shape index (κ1) is 11.4. The molecular formula is C10H17N3S2. The Morgan fingerprint density at radius 1 is 1.47 bits per heavy atom. The maximum Gasteiger partial charge on any atom is 0.174 e. The minimum absolute atomic E-state index is 0.335. The Bertz CT molecular complexity index is 307. The lowest BCUT2D eigenvalue weighted by atomic mass is 10.0. The SMILES string of the molecule is Cc1nnc(SCC(N)C2CCCC2)s1. The Balaban J connectivity index is 1.77. The number of thioether (sulfide) groups is 1. The van der Waals surface area contributed by atoms with Crippen molar-refractivity contribution in [2.45, 2.75) is 43.0 Å². The predicted molar refractivity (Wildman–Crippen MR) is 65.3 cm³/mol. The maximum atomic E-state index is 6.17. The molecule has 0 bridgehead atoms. The fourth-order valence-corrected chi connectivity index (χ4v) is 3.95. The van der Waals surface area contributed by atoms with Gasteiger partial charge in [-0.1, -0.05) is 35.9 Å². The van der Waals surface area contributed by atoms with Gasteiger partial charge in [-0.2, -0.15) is 0 Å². The second-order valence-electron chi connectivity index (χ2n) is 4.11. The van der Waals surface area contributed by atoms with Gasteiger partial charge >= 0.3 is 0 Å². The summed E-state index contributed by atoms with van der Waals surface area (Å²) < 4.78 is 1.06. The van der Waals surface area contributed by atoms with Crippen molar-refractivity contribution in [3.63, 3.8) is 0 Å². The first-order valence-corrected chi connectivity index (χ1v) is 7.24. The lowest BCUT2D eigenvalue weighted by Crippen LogP contribution is -2.30.